The summed E-state index contributed by atoms with van der Waals surface area (Å²) < 4.78 is 13.5. The molecule has 0 atom stereocenters. The predicted octanol–water partition coefficient (Wildman–Crippen LogP) is 3.97. The molecule has 2 aromatic rings. The van der Waals surface area contributed by atoms with Crippen LogP contribution in [-0.2, 0) is 0 Å². The molecule has 0 spiro atoms. The lowest BCUT2D eigenvalue weighted by Crippen LogP contribution is -2.15. The zero-order valence-electron chi connectivity index (χ0n) is 9.58. The highest BCUT2D eigenvalue weighted by molar-refractivity contribution is 6.34. The Balaban J connectivity index is 2.31. The third-order valence-electron chi connectivity index (χ3n) is 2.47. The maximum Gasteiger partial charge on any atom is 0.257 e. The highest BCUT2D eigenvalue weighted by Gasteiger charge is 2.14. The van der Waals surface area contributed by atoms with Gasteiger partial charge in [0.05, 0.1) is 22.0 Å². The number of rotatable bonds is 2. The third-order valence-corrected chi connectivity index (χ3v) is 3.04. The van der Waals surface area contributed by atoms with E-state index in [4.69, 9.17) is 28.9 Å². The molecule has 1 amide bonds. The average molecular weight is 299 g/mol. The summed E-state index contributed by atoms with van der Waals surface area (Å²) in [6.07, 6.45) is 0. The number of halogens is 3. The van der Waals surface area contributed by atoms with Gasteiger partial charge in [-0.3, -0.25) is 4.79 Å². The second-order valence-electron chi connectivity index (χ2n) is 3.78. The second-order valence-corrected chi connectivity index (χ2v) is 4.62. The van der Waals surface area contributed by atoms with Crippen LogP contribution in [0.4, 0.5) is 15.8 Å². The Kier molecular flexibility index (Phi) is 3.93. The fourth-order valence-electron chi connectivity index (χ4n) is 1.52. The third kappa shape index (κ3) is 2.97. The van der Waals surface area contributed by atoms with Crippen LogP contribution in [0, 0.1) is 5.82 Å². The van der Waals surface area contributed by atoms with E-state index in [2.05, 4.69) is 5.32 Å². The summed E-state index contributed by atoms with van der Waals surface area (Å²) in [6.45, 7) is 0. The molecule has 0 aliphatic rings. The number of hydrogen-bond acceptors (Lipinski definition) is 2. The van der Waals surface area contributed by atoms with E-state index in [9.17, 15) is 9.18 Å². The minimum atomic E-state index is -0.585. The van der Waals surface area contributed by atoms with Crippen molar-refractivity contribution in [2.45, 2.75) is 0 Å². The number of amides is 1. The van der Waals surface area contributed by atoms with E-state index in [-0.39, 0.29) is 22.0 Å². The molecule has 3 N–H and O–H groups in total. The molecular formula is C13H9Cl2FN2O. The van der Waals surface area contributed by atoms with E-state index in [0.29, 0.717) is 5.02 Å². The second kappa shape index (κ2) is 5.47. The van der Waals surface area contributed by atoms with Gasteiger partial charge in [0.15, 0.2) is 0 Å². The molecule has 19 heavy (non-hydrogen) atoms. The van der Waals surface area contributed by atoms with Crippen molar-refractivity contribution >= 4 is 40.5 Å². The first-order chi connectivity index (χ1) is 8.99. The standard InChI is InChI=1S/C13H9Cl2FN2O/c14-7-4-5-10(16)11(6-7)18-13(19)8-2-1-3-9(15)12(8)17/h1-6H,17H2,(H,18,19). The molecule has 0 saturated carbocycles. The molecule has 0 radical (unpaired) electrons. The Hall–Kier alpha value is -1.78. The SMILES string of the molecule is Nc1c(Cl)cccc1C(=O)Nc1cc(Cl)ccc1F. The Morgan fingerprint density at radius 2 is 1.95 bits per heavy atom. The van der Waals surface area contributed by atoms with Crippen molar-refractivity contribution in [1.82, 2.24) is 0 Å². The fraction of sp³-hybridized carbons (Fsp3) is 0. The van der Waals surface area contributed by atoms with Crippen molar-refractivity contribution < 1.29 is 9.18 Å². The monoisotopic (exact) mass is 298 g/mol. The van der Waals surface area contributed by atoms with Gasteiger partial charge in [0.2, 0.25) is 0 Å². The Morgan fingerprint density at radius 1 is 1.21 bits per heavy atom. The van der Waals surface area contributed by atoms with E-state index in [0.717, 1.165) is 0 Å². The number of carbonyl (C=O) groups is 1. The Labute approximate surface area is 119 Å². The van der Waals surface area contributed by atoms with E-state index >= 15 is 0 Å². The maximum absolute atomic E-state index is 13.5. The van der Waals surface area contributed by atoms with Crippen LogP contribution < -0.4 is 11.1 Å². The number of nitrogen functional groups attached to an aromatic ring is 1. The van der Waals surface area contributed by atoms with Gasteiger partial charge >= 0.3 is 0 Å². The zero-order valence-corrected chi connectivity index (χ0v) is 11.1. The highest BCUT2D eigenvalue weighted by atomic mass is 35.5. The molecule has 2 rings (SSSR count). The predicted molar refractivity (Wildman–Crippen MR) is 75.2 cm³/mol. The lowest BCUT2D eigenvalue weighted by molar-refractivity contribution is 0.102. The van der Waals surface area contributed by atoms with Gasteiger partial charge in [0, 0.05) is 5.02 Å². The van der Waals surface area contributed by atoms with Gasteiger partial charge in [-0.1, -0.05) is 29.3 Å². The van der Waals surface area contributed by atoms with Crippen LogP contribution in [0.1, 0.15) is 10.4 Å². The fourth-order valence-corrected chi connectivity index (χ4v) is 1.86. The number of para-hydroxylation sites is 1. The van der Waals surface area contributed by atoms with E-state index in [1.807, 2.05) is 0 Å². The lowest BCUT2D eigenvalue weighted by Gasteiger charge is -2.09. The molecule has 3 nitrogen and oxygen atoms in total. The summed E-state index contributed by atoms with van der Waals surface area (Å²) in [5.74, 6) is -1.14. The quantitative estimate of drug-likeness (QED) is 0.824. The zero-order chi connectivity index (χ0) is 14.0. The van der Waals surface area contributed by atoms with Crippen molar-refractivity contribution in [3.05, 3.63) is 57.8 Å². The number of anilines is 2. The first kappa shape index (κ1) is 13.6. The normalized spacial score (nSPS) is 10.3. The summed E-state index contributed by atoms with van der Waals surface area (Å²) in [7, 11) is 0. The van der Waals surface area contributed by atoms with Crippen LogP contribution in [0.25, 0.3) is 0 Å². The highest BCUT2D eigenvalue weighted by Crippen LogP contribution is 2.25. The largest absolute Gasteiger partial charge is 0.397 e. The van der Waals surface area contributed by atoms with Crippen molar-refractivity contribution in [3.8, 4) is 0 Å². The van der Waals surface area contributed by atoms with Gasteiger partial charge in [-0.25, -0.2) is 4.39 Å². The summed E-state index contributed by atoms with van der Waals surface area (Å²) in [5, 5.41) is 2.98. The van der Waals surface area contributed by atoms with Gasteiger partial charge < -0.3 is 11.1 Å². The summed E-state index contributed by atoms with van der Waals surface area (Å²) in [5.41, 5.74) is 5.99. The lowest BCUT2D eigenvalue weighted by atomic mass is 10.1. The first-order valence-corrected chi connectivity index (χ1v) is 6.05. The van der Waals surface area contributed by atoms with E-state index in [1.165, 1.54) is 24.3 Å². The summed E-state index contributed by atoms with van der Waals surface area (Å²) in [6, 6.07) is 8.52. The first-order valence-electron chi connectivity index (χ1n) is 5.29. The van der Waals surface area contributed by atoms with Gasteiger partial charge in [0.25, 0.3) is 5.91 Å². The molecule has 0 bridgehead atoms. The van der Waals surface area contributed by atoms with Crippen LogP contribution in [0.3, 0.4) is 0 Å². The van der Waals surface area contributed by atoms with Gasteiger partial charge in [0.1, 0.15) is 5.82 Å². The van der Waals surface area contributed by atoms with Gasteiger partial charge in [-0.15, -0.1) is 0 Å². The molecule has 0 aromatic heterocycles. The molecule has 2 aromatic carbocycles. The van der Waals surface area contributed by atoms with Crippen molar-refractivity contribution in [3.63, 3.8) is 0 Å². The number of benzene rings is 2. The number of carbonyl (C=O) groups excluding carboxylic acids is 1. The smallest absolute Gasteiger partial charge is 0.257 e. The van der Waals surface area contributed by atoms with Crippen LogP contribution in [0.5, 0.6) is 0 Å². The van der Waals surface area contributed by atoms with Crippen molar-refractivity contribution in [1.29, 1.82) is 0 Å². The molecule has 0 aliphatic carbocycles. The van der Waals surface area contributed by atoms with E-state index in [1.54, 1.807) is 12.1 Å². The maximum atomic E-state index is 13.5. The summed E-state index contributed by atoms with van der Waals surface area (Å²) in [4.78, 5) is 12.0. The Bertz CT molecular complexity index is 647. The van der Waals surface area contributed by atoms with Gasteiger partial charge in [-0.05, 0) is 30.3 Å². The molecule has 98 valence electrons. The topological polar surface area (TPSA) is 55.1 Å². The molecule has 0 aliphatic heterocycles. The van der Waals surface area contributed by atoms with Crippen molar-refractivity contribution in [2.24, 2.45) is 0 Å². The molecule has 0 fully saturated rings. The van der Waals surface area contributed by atoms with Crippen LogP contribution in [-0.4, -0.2) is 5.91 Å². The van der Waals surface area contributed by atoms with Crippen LogP contribution in [0.2, 0.25) is 10.0 Å². The number of hydrogen-bond donors (Lipinski definition) is 2. The molecular weight excluding hydrogens is 290 g/mol. The summed E-state index contributed by atoms with van der Waals surface area (Å²) >= 11 is 11.6. The van der Waals surface area contributed by atoms with Gasteiger partial charge in [-0.2, -0.15) is 0 Å². The minimum Gasteiger partial charge on any atom is -0.397 e. The van der Waals surface area contributed by atoms with Crippen molar-refractivity contribution in [2.75, 3.05) is 11.1 Å². The average Bonchev–Trinajstić information content (AvgIpc) is 2.37. The van der Waals surface area contributed by atoms with E-state index < -0.39 is 11.7 Å². The molecule has 0 heterocycles. The minimum absolute atomic E-state index is 0.0168. The molecule has 6 heteroatoms. The van der Waals surface area contributed by atoms with Crippen LogP contribution >= 0.6 is 23.2 Å². The van der Waals surface area contributed by atoms with Crippen LogP contribution in [0.15, 0.2) is 36.4 Å². The number of nitrogens with two attached hydrogens (primary N) is 1. The Morgan fingerprint density at radius 3 is 2.68 bits per heavy atom. The molecule has 0 saturated heterocycles. The number of nitrogens with one attached hydrogen (secondary N) is 1. The molecule has 0 unspecified atom stereocenters.